The first kappa shape index (κ1) is 20.2. The number of fused-ring (bicyclic) bond motifs is 4. The normalized spacial score (nSPS) is 15.5. The van der Waals surface area contributed by atoms with Gasteiger partial charge in [-0.15, -0.1) is 0 Å². The van der Waals surface area contributed by atoms with Gasteiger partial charge in [-0.1, -0.05) is 30.3 Å². The number of pyridine rings is 1. The molecule has 5 aromatic rings. The molecule has 0 saturated carbocycles. The number of benzene rings is 3. The molecule has 0 bridgehead atoms. The van der Waals surface area contributed by atoms with E-state index in [9.17, 15) is 0 Å². The van der Waals surface area contributed by atoms with Crippen LogP contribution in [0.1, 0.15) is 19.3 Å². The first-order valence-corrected chi connectivity index (χ1v) is 12.3. The Balaban J connectivity index is 1.25. The van der Waals surface area contributed by atoms with Crippen molar-refractivity contribution in [3.8, 4) is 17.3 Å². The molecule has 4 heterocycles. The van der Waals surface area contributed by atoms with Crippen molar-refractivity contribution in [3.63, 3.8) is 0 Å². The summed E-state index contributed by atoms with van der Waals surface area (Å²) in [4.78, 5) is 9.45. The van der Waals surface area contributed by atoms with Gasteiger partial charge < -0.3 is 14.5 Å². The molecule has 1 saturated heterocycles. The van der Waals surface area contributed by atoms with Crippen molar-refractivity contribution < 1.29 is 4.74 Å². The summed E-state index contributed by atoms with van der Waals surface area (Å²) in [6.45, 7) is 2.08. The van der Waals surface area contributed by atoms with E-state index in [1.54, 1.807) is 0 Å². The fraction of sp³-hybridized carbons (Fsp3) is 0.167. The Bertz CT molecular complexity index is 1570. The van der Waals surface area contributed by atoms with Crippen molar-refractivity contribution in [1.82, 2.24) is 14.5 Å². The molecule has 0 radical (unpaired) electrons. The van der Waals surface area contributed by atoms with E-state index in [1.807, 2.05) is 30.5 Å². The summed E-state index contributed by atoms with van der Waals surface area (Å²) in [6, 6.07) is 29.2. The number of hydrogen-bond donors (Lipinski definition) is 0. The Morgan fingerprint density at radius 1 is 0.743 bits per heavy atom. The summed E-state index contributed by atoms with van der Waals surface area (Å²) in [6.07, 6.45) is 7.89. The van der Waals surface area contributed by atoms with Crippen LogP contribution in [0.3, 0.4) is 0 Å². The van der Waals surface area contributed by atoms with Crippen molar-refractivity contribution in [2.75, 3.05) is 18.1 Å². The molecule has 7 rings (SSSR count). The van der Waals surface area contributed by atoms with Crippen LogP contribution in [0.5, 0.6) is 11.5 Å². The van der Waals surface area contributed by atoms with Gasteiger partial charge in [-0.05, 0) is 61.7 Å². The molecule has 0 unspecified atom stereocenters. The zero-order chi connectivity index (χ0) is 23.2. The predicted molar refractivity (Wildman–Crippen MR) is 141 cm³/mol. The number of anilines is 1. The summed E-state index contributed by atoms with van der Waals surface area (Å²) in [5.74, 6) is 2.55. The third kappa shape index (κ3) is 3.51. The number of allylic oxidation sites excluding steroid dienone is 1. The first-order chi connectivity index (χ1) is 17.3. The third-order valence-corrected chi connectivity index (χ3v) is 7.05. The fourth-order valence-electron chi connectivity index (χ4n) is 5.39. The van der Waals surface area contributed by atoms with E-state index in [-0.39, 0.29) is 0 Å². The van der Waals surface area contributed by atoms with Gasteiger partial charge in [0.05, 0.1) is 17.7 Å². The minimum atomic E-state index is 0.812. The topological polar surface area (TPSA) is 33.5 Å². The Labute approximate surface area is 204 Å². The van der Waals surface area contributed by atoms with E-state index in [2.05, 4.69) is 86.2 Å². The van der Waals surface area contributed by atoms with Gasteiger partial charge in [-0.25, -0.2) is 4.98 Å². The van der Waals surface area contributed by atoms with Crippen molar-refractivity contribution in [2.45, 2.75) is 19.3 Å². The quantitative estimate of drug-likeness (QED) is 0.288. The molecule has 0 aliphatic carbocycles. The number of ether oxygens (including phenoxy) is 1. The summed E-state index contributed by atoms with van der Waals surface area (Å²) in [7, 11) is 0. The molecule has 2 aliphatic heterocycles. The molecule has 5 heteroatoms. The molecule has 3 aromatic carbocycles. The predicted octanol–water partition coefficient (Wildman–Crippen LogP) is 7.08. The average Bonchev–Trinajstić information content (AvgIpc) is 3.49. The van der Waals surface area contributed by atoms with Gasteiger partial charge in [0.25, 0.3) is 0 Å². The molecule has 0 atom stereocenters. The lowest BCUT2D eigenvalue weighted by Crippen LogP contribution is -2.29. The summed E-state index contributed by atoms with van der Waals surface area (Å²) in [5, 5.41) is 2.40. The van der Waals surface area contributed by atoms with Crippen molar-refractivity contribution >= 4 is 27.5 Å². The Morgan fingerprint density at radius 3 is 2.54 bits per heavy atom. The minimum absolute atomic E-state index is 0.812. The van der Waals surface area contributed by atoms with Gasteiger partial charge >= 0.3 is 0 Å². The molecule has 0 amide bonds. The largest absolute Gasteiger partial charge is 0.457 e. The number of para-hydroxylation sites is 1. The number of rotatable bonds is 4. The molecule has 2 aliphatic rings. The van der Waals surface area contributed by atoms with Crippen LogP contribution in [-0.4, -0.2) is 27.7 Å². The van der Waals surface area contributed by atoms with Crippen molar-refractivity contribution in [2.24, 2.45) is 0 Å². The van der Waals surface area contributed by atoms with Crippen LogP contribution in [0.4, 0.5) is 5.69 Å². The maximum absolute atomic E-state index is 6.40. The van der Waals surface area contributed by atoms with E-state index in [4.69, 9.17) is 4.74 Å². The summed E-state index contributed by atoms with van der Waals surface area (Å²) < 4.78 is 8.61. The molecule has 172 valence electrons. The van der Waals surface area contributed by atoms with Crippen molar-refractivity contribution in [3.05, 3.63) is 103 Å². The average molecular weight is 459 g/mol. The van der Waals surface area contributed by atoms with Crippen LogP contribution in [-0.2, 0) is 0 Å². The monoisotopic (exact) mass is 458 g/mol. The molecule has 5 nitrogen and oxygen atoms in total. The summed E-state index contributed by atoms with van der Waals surface area (Å²) in [5.41, 5.74) is 4.84. The molecule has 0 spiro atoms. The SMILES string of the molecule is C1=C2CCCCN2CN1c1cccc(Oc2ccc3c4ccccc4n(-c4ccccn4)c3c2)c1. The fourth-order valence-corrected chi connectivity index (χ4v) is 5.39. The number of nitrogens with zero attached hydrogens (tertiary/aromatic N) is 4. The van der Waals surface area contributed by atoms with E-state index in [1.165, 1.54) is 35.7 Å². The van der Waals surface area contributed by atoms with Crippen LogP contribution in [0.25, 0.3) is 27.6 Å². The lowest BCUT2D eigenvalue weighted by molar-refractivity contribution is 0.317. The van der Waals surface area contributed by atoms with E-state index in [0.717, 1.165) is 47.3 Å². The zero-order valence-electron chi connectivity index (χ0n) is 19.5. The Kier molecular flexibility index (Phi) is 4.72. The number of aromatic nitrogens is 2. The first-order valence-electron chi connectivity index (χ1n) is 12.3. The van der Waals surface area contributed by atoms with Crippen LogP contribution in [0.15, 0.2) is 103 Å². The number of hydrogen-bond acceptors (Lipinski definition) is 4. The standard InChI is InChI=1S/C30H26N4O/c1-2-12-28-26(11-1)27-15-14-25(19-29(27)34(28)30-13-3-5-16-31-30)35-24-10-7-9-22(18-24)33-20-23-8-4-6-17-32(23)21-33/h1-3,5,7,9-16,18-20H,4,6,8,17,21H2. The highest BCUT2D eigenvalue weighted by molar-refractivity contribution is 6.09. The lowest BCUT2D eigenvalue weighted by atomic mass is 10.1. The minimum Gasteiger partial charge on any atom is -0.457 e. The molecular formula is C30H26N4O. The van der Waals surface area contributed by atoms with E-state index >= 15 is 0 Å². The highest BCUT2D eigenvalue weighted by Gasteiger charge is 2.24. The molecule has 0 N–H and O–H groups in total. The van der Waals surface area contributed by atoms with Gasteiger partial charge in [0.1, 0.15) is 17.3 Å². The highest BCUT2D eigenvalue weighted by atomic mass is 16.5. The van der Waals surface area contributed by atoms with Gasteiger partial charge in [0, 0.05) is 53.2 Å². The second kappa shape index (κ2) is 8.20. The highest BCUT2D eigenvalue weighted by Crippen LogP contribution is 2.36. The van der Waals surface area contributed by atoms with Crippen molar-refractivity contribution in [1.29, 1.82) is 0 Å². The zero-order valence-corrected chi connectivity index (χ0v) is 19.5. The van der Waals surface area contributed by atoms with Gasteiger partial charge in [-0.2, -0.15) is 0 Å². The van der Waals surface area contributed by atoms with Gasteiger partial charge in [0.2, 0.25) is 0 Å². The Hall–Kier alpha value is -4.25. The van der Waals surface area contributed by atoms with E-state index < -0.39 is 0 Å². The molecule has 1 fully saturated rings. The Morgan fingerprint density at radius 2 is 1.63 bits per heavy atom. The van der Waals surface area contributed by atoms with E-state index in [0.29, 0.717) is 0 Å². The van der Waals surface area contributed by atoms with Crippen LogP contribution < -0.4 is 9.64 Å². The maximum atomic E-state index is 6.40. The molecule has 2 aromatic heterocycles. The maximum Gasteiger partial charge on any atom is 0.137 e. The summed E-state index contributed by atoms with van der Waals surface area (Å²) >= 11 is 0. The third-order valence-electron chi connectivity index (χ3n) is 7.05. The van der Waals surface area contributed by atoms with Crippen LogP contribution in [0.2, 0.25) is 0 Å². The second-order valence-corrected chi connectivity index (χ2v) is 9.27. The smallest absolute Gasteiger partial charge is 0.137 e. The van der Waals surface area contributed by atoms with Crippen LogP contribution in [0, 0.1) is 0 Å². The van der Waals surface area contributed by atoms with Gasteiger partial charge in [0.15, 0.2) is 0 Å². The molecule has 35 heavy (non-hydrogen) atoms. The second-order valence-electron chi connectivity index (χ2n) is 9.27. The molecular weight excluding hydrogens is 432 g/mol. The van der Waals surface area contributed by atoms with Crippen LogP contribution >= 0.6 is 0 Å². The lowest BCUT2D eigenvalue weighted by Gasteiger charge is -2.27. The number of piperidine rings is 1. The van der Waals surface area contributed by atoms with Gasteiger partial charge in [-0.3, -0.25) is 4.57 Å².